The van der Waals surface area contributed by atoms with Gasteiger partial charge < -0.3 is 10.4 Å². The van der Waals surface area contributed by atoms with Crippen molar-refractivity contribution >= 4 is 33.2 Å². The standard InChI is InChI=1S/C13H18N2O5S2/c1-2-9(13(17)18)14-12(16)11-10(5-8-21-11)22(19,20)15-6-3-4-7-15/h5,8-9H,2-4,6-7H2,1H3,(H,14,16)(H,17,18). The van der Waals surface area contributed by atoms with Gasteiger partial charge >= 0.3 is 5.97 Å². The van der Waals surface area contributed by atoms with Crippen molar-refractivity contribution in [3.63, 3.8) is 0 Å². The number of nitrogens with zero attached hydrogens (tertiary/aromatic N) is 1. The summed E-state index contributed by atoms with van der Waals surface area (Å²) >= 11 is 0.997. The number of hydrogen-bond acceptors (Lipinski definition) is 5. The summed E-state index contributed by atoms with van der Waals surface area (Å²) in [6.07, 6.45) is 1.84. The molecule has 1 saturated heterocycles. The van der Waals surface area contributed by atoms with E-state index >= 15 is 0 Å². The van der Waals surface area contributed by atoms with Crippen LogP contribution >= 0.6 is 11.3 Å². The Morgan fingerprint density at radius 2 is 2.05 bits per heavy atom. The smallest absolute Gasteiger partial charge is 0.326 e. The van der Waals surface area contributed by atoms with Crippen LogP contribution in [0.25, 0.3) is 0 Å². The van der Waals surface area contributed by atoms with Crippen LogP contribution in [0.2, 0.25) is 0 Å². The highest BCUT2D eigenvalue weighted by Gasteiger charge is 2.32. The molecule has 22 heavy (non-hydrogen) atoms. The molecule has 1 unspecified atom stereocenters. The zero-order valence-corrected chi connectivity index (χ0v) is 13.7. The van der Waals surface area contributed by atoms with Crippen LogP contribution in [-0.4, -0.2) is 48.8 Å². The van der Waals surface area contributed by atoms with Crippen molar-refractivity contribution in [3.05, 3.63) is 16.3 Å². The predicted molar refractivity (Wildman–Crippen MR) is 81.5 cm³/mol. The summed E-state index contributed by atoms with van der Waals surface area (Å²) in [4.78, 5) is 23.2. The van der Waals surface area contributed by atoms with Crippen molar-refractivity contribution in [1.82, 2.24) is 9.62 Å². The first-order chi connectivity index (χ1) is 10.4. The lowest BCUT2D eigenvalue weighted by Crippen LogP contribution is -2.40. The summed E-state index contributed by atoms with van der Waals surface area (Å²) in [6, 6.07) is 0.367. The Bertz CT molecular complexity index is 662. The van der Waals surface area contributed by atoms with E-state index in [-0.39, 0.29) is 16.2 Å². The zero-order valence-electron chi connectivity index (χ0n) is 12.1. The molecule has 0 bridgehead atoms. The third-order valence-corrected chi connectivity index (χ3v) is 6.51. The van der Waals surface area contributed by atoms with Crippen molar-refractivity contribution in [2.45, 2.75) is 37.1 Å². The minimum absolute atomic E-state index is 0.0339. The molecule has 1 aliphatic rings. The van der Waals surface area contributed by atoms with Crippen molar-refractivity contribution in [3.8, 4) is 0 Å². The Hall–Kier alpha value is -1.45. The summed E-state index contributed by atoms with van der Waals surface area (Å²) in [7, 11) is -3.70. The average Bonchev–Trinajstić information content (AvgIpc) is 3.14. The van der Waals surface area contributed by atoms with E-state index in [9.17, 15) is 18.0 Å². The lowest BCUT2D eigenvalue weighted by molar-refractivity contribution is -0.139. The molecule has 0 aromatic carbocycles. The van der Waals surface area contributed by atoms with Crippen molar-refractivity contribution in [1.29, 1.82) is 0 Å². The Kier molecular flexibility index (Phi) is 5.20. The molecule has 1 amide bonds. The molecule has 2 rings (SSSR count). The van der Waals surface area contributed by atoms with Crippen LogP contribution in [0.15, 0.2) is 16.3 Å². The van der Waals surface area contributed by atoms with Gasteiger partial charge in [-0.15, -0.1) is 11.3 Å². The van der Waals surface area contributed by atoms with Crippen LogP contribution < -0.4 is 5.32 Å². The predicted octanol–water partition coefficient (Wildman–Crippen LogP) is 1.13. The van der Waals surface area contributed by atoms with E-state index in [1.807, 2.05) is 0 Å². The Morgan fingerprint density at radius 1 is 1.41 bits per heavy atom. The SMILES string of the molecule is CCC(NC(=O)c1sccc1S(=O)(=O)N1CCCC1)C(=O)O. The topological polar surface area (TPSA) is 104 Å². The Morgan fingerprint density at radius 3 is 2.59 bits per heavy atom. The molecule has 2 N–H and O–H groups in total. The summed E-state index contributed by atoms with van der Waals surface area (Å²) in [6.45, 7) is 2.53. The summed E-state index contributed by atoms with van der Waals surface area (Å²) < 4.78 is 26.5. The van der Waals surface area contributed by atoms with Gasteiger partial charge in [-0.2, -0.15) is 4.31 Å². The number of carbonyl (C=O) groups is 2. The van der Waals surface area contributed by atoms with Gasteiger partial charge in [-0.1, -0.05) is 6.92 Å². The maximum atomic E-state index is 12.5. The lowest BCUT2D eigenvalue weighted by Gasteiger charge is -2.16. The van der Waals surface area contributed by atoms with Crippen LogP contribution in [0.4, 0.5) is 0 Å². The molecule has 2 heterocycles. The largest absolute Gasteiger partial charge is 0.480 e. The summed E-state index contributed by atoms with van der Waals surface area (Å²) in [5.41, 5.74) is 0. The molecule has 9 heteroatoms. The van der Waals surface area contributed by atoms with Crippen LogP contribution in [0.1, 0.15) is 35.9 Å². The Balaban J connectivity index is 2.25. The molecule has 1 aromatic rings. The number of amides is 1. The highest BCUT2D eigenvalue weighted by atomic mass is 32.2. The minimum atomic E-state index is -3.70. The van der Waals surface area contributed by atoms with Crippen LogP contribution in [0.5, 0.6) is 0 Å². The van der Waals surface area contributed by atoms with Gasteiger partial charge in [-0.05, 0) is 30.7 Å². The maximum Gasteiger partial charge on any atom is 0.326 e. The second-order valence-electron chi connectivity index (χ2n) is 5.00. The fourth-order valence-electron chi connectivity index (χ4n) is 2.30. The third kappa shape index (κ3) is 3.31. The molecular formula is C13H18N2O5S2. The quantitative estimate of drug-likeness (QED) is 0.803. The first-order valence-electron chi connectivity index (χ1n) is 6.99. The molecule has 122 valence electrons. The van der Waals surface area contributed by atoms with Gasteiger partial charge in [-0.25, -0.2) is 13.2 Å². The van der Waals surface area contributed by atoms with E-state index < -0.39 is 27.9 Å². The molecular weight excluding hydrogens is 328 g/mol. The van der Waals surface area contributed by atoms with Crippen LogP contribution in [0.3, 0.4) is 0 Å². The van der Waals surface area contributed by atoms with E-state index in [1.54, 1.807) is 6.92 Å². The number of carboxylic acid groups (broad SMARTS) is 1. The molecule has 0 saturated carbocycles. The lowest BCUT2D eigenvalue weighted by atomic mass is 10.2. The normalized spacial score (nSPS) is 17.3. The molecule has 0 radical (unpaired) electrons. The molecule has 7 nitrogen and oxygen atoms in total. The fourth-order valence-corrected chi connectivity index (χ4v) is 5.12. The highest BCUT2D eigenvalue weighted by molar-refractivity contribution is 7.89. The second kappa shape index (κ2) is 6.76. The maximum absolute atomic E-state index is 12.5. The molecule has 0 spiro atoms. The zero-order chi connectivity index (χ0) is 16.3. The first kappa shape index (κ1) is 16.9. The van der Waals surface area contributed by atoms with Gasteiger partial charge in [0.2, 0.25) is 10.0 Å². The number of sulfonamides is 1. The number of aliphatic carboxylic acids is 1. The molecule has 1 fully saturated rings. The number of carboxylic acids is 1. The minimum Gasteiger partial charge on any atom is -0.480 e. The highest BCUT2D eigenvalue weighted by Crippen LogP contribution is 2.27. The van der Waals surface area contributed by atoms with E-state index in [0.29, 0.717) is 13.1 Å². The van der Waals surface area contributed by atoms with Crippen molar-refractivity contribution in [2.24, 2.45) is 0 Å². The molecule has 0 aliphatic carbocycles. The first-order valence-corrected chi connectivity index (χ1v) is 9.31. The van der Waals surface area contributed by atoms with Gasteiger partial charge in [0.25, 0.3) is 5.91 Å². The Labute approximate surface area is 133 Å². The fraction of sp³-hybridized carbons (Fsp3) is 0.538. The van der Waals surface area contributed by atoms with E-state index in [1.165, 1.54) is 15.8 Å². The van der Waals surface area contributed by atoms with Gasteiger partial charge in [0, 0.05) is 13.1 Å². The van der Waals surface area contributed by atoms with Crippen LogP contribution in [0, 0.1) is 0 Å². The monoisotopic (exact) mass is 346 g/mol. The van der Waals surface area contributed by atoms with Gasteiger partial charge in [0.05, 0.1) is 0 Å². The van der Waals surface area contributed by atoms with Crippen molar-refractivity contribution < 1.29 is 23.1 Å². The number of carbonyl (C=O) groups excluding carboxylic acids is 1. The summed E-state index contributed by atoms with van der Waals surface area (Å²) in [5.74, 6) is -1.81. The van der Waals surface area contributed by atoms with E-state index in [0.717, 1.165) is 24.2 Å². The average molecular weight is 346 g/mol. The summed E-state index contributed by atoms with van der Waals surface area (Å²) in [5, 5.41) is 12.9. The number of hydrogen-bond donors (Lipinski definition) is 2. The number of rotatable bonds is 6. The van der Waals surface area contributed by atoms with Gasteiger partial charge in [-0.3, -0.25) is 4.79 Å². The third-order valence-electron chi connectivity index (χ3n) is 3.53. The molecule has 1 aliphatic heterocycles. The van der Waals surface area contributed by atoms with Crippen LogP contribution in [-0.2, 0) is 14.8 Å². The molecule has 1 atom stereocenters. The van der Waals surface area contributed by atoms with Gasteiger partial charge in [0.15, 0.2) is 0 Å². The van der Waals surface area contributed by atoms with Crippen molar-refractivity contribution in [2.75, 3.05) is 13.1 Å². The van der Waals surface area contributed by atoms with Gasteiger partial charge in [0.1, 0.15) is 15.8 Å². The molecule has 1 aromatic heterocycles. The second-order valence-corrected chi connectivity index (χ2v) is 7.82. The van der Waals surface area contributed by atoms with E-state index in [4.69, 9.17) is 5.11 Å². The number of nitrogens with one attached hydrogen (secondary N) is 1. The number of thiophene rings is 1. The van der Waals surface area contributed by atoms with E-state index in [2.05, 4.69) is 5.32 Å².